The van der Waals surface area contributed by atoms with E-state index in [0.717, 1.165) is 22.3 Å². The van der Waals surface area contributed by atoms with Crippen molar-refractivity contribution in [2.75, 3.05) is 5.32 Å². The summed E-state index contributed by atoms with van der Waals surface area (Å²) in [6, 6.07) is 7.82. The smallest absolute Gasteiger partial charge is 0.228 e. The number of benzene rings is 1. The first-order valence-corrected chi connectivity index (χ1v) is 7.40. The van der Waals surface area contributed by atoms with Crippen LogP contribution in [-0.2, 0) is 6.42 Å². The number of nitrogens with two attached hydrogens (primary N) is 1. The van der Waals surface area contributed by atoms with Crippen LogP contribution in [0, 0.1) is 6.92 Å². The first-order valence-electron chi connectivity index (χ1n) is 6.20. The highest BCUT2D eigenvalue weighted by Gasteiger charge is 2.07. The molecule has 0 saturated carbocycles. The molecule has 4 nitrogen and oxygen atoms in total. The minimum Gasteiger partial charge on any atom is -0.388 e. The van der Waals surface area contributed by atoms with E-state index in [2.05, 4.69) is 44.2 Å². The third-order valence-electron chi connectivity index (χ3n) is 2.80. The molecule has 6 heteroatoms. The molecule has 104 valence electrons. The van der Waals surface area contributed by atoms with Gasteiger partial charge in [-0.25, -0.2) is 9.97 Å². The minimum absolute atomic E-state index is 0.269. The maximum absolute atomic E-state index is 5.63. The molecule has 0 amide bonds. The number of hydrogen-bond acceptors (Lipinski definition) is 4. The number of thiocarbonyl (C=S) groups is 1. The number of nitrogens with one attached hydrogen (secondary N) is 1. The van der Waals surface area contributed by atoms with Gasteiger partial charge >= 0.3 is 0 Å². The number of aromatic nitrogens is 2. The van der Waals surface area contributed by atoms with Crippen LogP contribution in [0.1, 0.15) is 23.9 Å². The molecule has 0 spiro atoms. The van der Waals surface area contributed by atoms with Crippen LogP contribution >= 0.6 is 28.1 Å². The van der Waals surface area contributed by atoms with Gasteiger partial charge in [0, 0.05) is 15.9 Å². The standard InChI is InChI=1S/C14H15BrN4S/c1-3-9-7-10(15)4-5-11(9)18-14-17-8(2)6-12(19-14)13(16)20/h4-7H,3H2,1-2H3,(H2,16,20)(H,17,18,19). The molecule has 0 aliphatic carbocycles. The third kappa shape index (κ3) is 3.52. The van der Waals surface area contributed by atoms with Gasteiger partial charge in [0.25, 0.3) is 0 Å². The molecule has 2 aromatic rings. The molecule has 0 unspecified atom stereocenters. The Labute approximate surface area is 132 Å². The molecular weight excluding hydrogens is 336 g/mol. The Hall–Kier alpha value is -1.53. The fourth-order valence-electron chi connectivity index (χ4n) is 1.85. The van der Waals surface area contributed by atoms with Crippen molar-refractivity contribution in [1.82, 2.24) is 9.97 Å². The van der Waals surface area contributed by atoms with Crippen molar-refractivity contribution >= 4 is 44.8 Å². The van der Waals surface area contributed by atoms with E-state index in [1.165, 1.54) is 5.56 Å². The second kappa shape index (κ2) is 6.28. The number of anilines is 2. The van der Waals surface area contributed by atoms with Gasteiger partial charge in [0.2, 0.25) is 5.95 Å². The highest BCUT2D eigenvalue weighted by molar-refractivity contribution is 9.10. The second-order valence-corrected chi connectivity index (χ2v) is 5.72. The van der Waals surface area contributed by atoms with Crippen LogP contribution in [0.5, 0.6) is 0 Å². The molecule has 0 saturated heterocycles. The van der Waals surface area contributed by atoms with Gasteiger partial charge in [-0.2, -0.15) is 0 Å². The lowest BCUT2D eigenvalue weighted by atomic mass is 10.1. The maximum Gasteiger partial charge on any atom is 0.228 e. The van der Waals surface area contributed by atoms with Crippen molar-refractivity contribution in [1.29, 1.82) is 0 Å². The van der Waals surface area contributed by atoms with Gasteiger partial charge in [0.1, 0.15) is 10.7 Å². The van der Waals surface area contributed by atoms with Gasteiger partial charge < -0.3 is 11.1 Å². The number of halogens is 1. The molecule has 1 aromatic heterocycles. The number of nitrogens with zero attached hydrogens (tertiary/aromatic N) is 2. The quantitative estimate of drug-likeness (QED) is 0.826. The Morgan fingerprint density at radius 2 is 2.10 bits per heavy atom. The van der Waals surface area contributed by atoms with Gasteiger partial charge in [-0.15, -0.1) is 0 Å². The van der Waals surface area contributed by atoms with Crippen LogP contribution in [0.2, 0.25) is 0 Å². The van der Waals surface area contributed by atoms with Crippen LogP contribution < -0.4 is 11.1 Å². The Morgan fingerprint density at radius 1 is 1.35 bits per heavy atom. The summed E-state index contributed by atoms with van der Waals surface area (Å²) < 4.78 is 1.05. The van der Waals surface area contributed by atoms with Gasteiger partial charge in [-0.3, -0.25) is 0 Å². The Morgan fingerprint density at radius 3 is 2.75 bits per heavy atom. The first kappa shape index (κ1) is 14.9. The molecule has 1 aromatic carbocycles. The fourth-order valence-corrected chi connectivity index (χ4v) is 2.36. The highest BCUT2D eigenvalue weighted by atomic mass is 79.9. The molecule has 0 radical (unpaired) electrons. The lowest BCUT2D eigenvalue weighted by Gasteiger charge is -2.11. The van der Waals surface area contributed by atoms with Gasteiger partial charge in [0.05, 0.1) is 0 Å². The average Bonchev–Trinajstić information content (AvgIpc) is 2.40. The lowest BCUT2D eigenvalue weighted by Crippen LogP contribution is -2.14. The summed E-state index contributed by atoms with van der Waals surface area (Å²) in [5.74, 6) is 0.504. The number of aryl methyl sites for hydroxylation is 2. The molecule has 0 aliphatic rings. The topological polar surface area (TPSA) is 63.8 Å². The van der Waals surface area contributed by atoms with E-state index in [1.54, 1.807) is 6.07 Å². The van der Waals surface area contributed by atoms with Crippen molar-refractivity contribution in [2.45, 2.75) is 20.3 Å². The van der Waals surface area contributed by atoms with Crippen molar-refractivity contribution in [2.24, 2.45) is 5.73 Å². The molecule has 2 rings (SSSR count). The first-order chi connectivity index (χ1) is 9.49. The van der Waals surface area contributed by atoms with E-state index < -0.39 is 0 Å². The summed E-state index contributed by atoms with van der Waals surface area (Å²) >= 11 is 8.44. The van der Waals surface area contributed by atoms with Crippen LogP contribution in [0.15, 0.2) is 28.7 Å². The predicted molar refractivity (Wildman–Crippen MR) is 89.5 cm³/mol. The summed E-state index contributed by atoms with van der Waals surface area (Å²) in [7, 11) is 0. The summed E-state index contributed by atoms with van der Waals surface area (Å²) in [5, 5.41) is 3.23. The van der Waals surface area contributed by atoms with E-state index >= 15 is 0 Å². The summed E-state index contributed by atoms with van der Waals surface area (Å²) in [5.41, 5.74) is 9.19. The van der Waals surface area contributed by atoms with Gasteiger partial charge in [0.15, 0.2) is 0 Å². The van der Waals surface area contributed by atoms with Crippen LogP contribution in [0.4, 0.5) is 11.6 Å². The SMILES string of the molecule is CCc1cc(Br)ccc1Nc1nc(C)cc(C(N)=S)n1. The fraction of sp³-hybridized carbons (Fsp3) is 0.214. The molecule has 0 bridgehead atoms. The number of rotatable bonds is 4. The van der Waals surface area contributed by atoms with E-state index in [-0.39, 0.29) is 4.99 Å². The highest BCUT2D eigenvalue weighted by Crippen LogP contribution is 2.24. The van der Waals surface area contributed by atoms with Crippen LogP contribution in [0.3, 0.4) is 0 Å². The van der Waals surface area contributed by atoms with Crippen molar-refractivity contribution in [3.8, 4) is 0 Å². The average molecular weight is 351 g/mol. The number of hydrogen-bond donors (Lipinski definition) is 2. The minimum atomic E-state index is 0.269. The lowest BCUT2D eigenvalue weighted by molar-refractivity contribution is 1.08. The summed E-state index contributed by atoms with van der Waals surface area (Å²) in [4.78, 5) is 8.95. The zero-order valence-electron chi connectivity index (χ0n) is 11.3. The van der Waals surface area contributed by atoms with E-state index in [9.17, 15) is 0 Å². The monoisotopic (exact) mass is 350 g/mol. The molecule has 20 heavy (non-hydrogen) atoms. The zero-order chi connectivity index (χ0) is 14.7. The third-order valence-corrected chi connectivity index (χ3v) is 3.50. The molecule has 0 aliphatic heterocycles. The molecular formula is C14H15BrN4S. The second-order valence-electron chi connectivity index (χ2n) is 4.36. The van der Waals surface area contributed by atoms with Crippen molar-refractivity contribution < 1.29 is 0 Å². The summed E-state index contributed by atoms with van der Waals surface area (Å²) in [6.45, 7) is 3.99. The molecule has 3 N–H and O–H groups in total. The van der Waals surface area contributed by atoms with Gasteiger partial charge in [-0.1, -0.05) is 35.1 Å². The Kier molecular flexibility index (Phi) is 4.67. The Balaban J connectivity index is 2.37. The van der Waals surface area contributed by atoms with E-state index in [4.69, 9.17) is 18.0 Å². The largest absolute Gasteiger partial charge is 0.388 e. The van der Waals surface area contributed by atoms with Gasteiger partial charge in [-0.05, 0) is 43.2 Å². The summed E-state index contributed by atoms with van der Waals surface area (Å²) in [6.07, 6.45) is 0.912. The van der Waals surface area contributed by atoms with Crippen molar-refractivity contribution in [3.63, 3.8) is 0 Å². The predicted octanol–water partition coefficient (Wildman–Crippen LogP) is 3.49. The molecule has 0 fully saturated rings. The Bertz CT molecular complexity index is 658. The normalized spacial score (nSPS) is 10.3. The van der Waals surface area contributed by atoms with Crippen LogP contribution in [0.25, 0.3) is 0 Å². The molecule has 1 heterocycles. The van der Waals surface area contributed by atoms with E-state index in [0.29, 0.717) is 11.6 Å². The molecule has 0 atom stereocenters. The zero-order valence-corrected chi connectivity index (χ0v) is 13.7. The van der Waals surface area contributed by atoms with Crippen molar-refractivity contribution in [3.05, 3.63) is 45.7 Å². The van der Waals surface area contributed by atoms with Crippen LogP contribution in [-0.4, -0.2) is 15.0 Å². The maximum atomic E-state index is 5.63. The van der Waals surface area contributed by atoms with E-state index in [1.807, 2.05) is 19.1 Å².